The Balaban J connectivity index is 0.000000186. The van der Waals surface area contributed by atoms with Crippen molar-refractivity contribution < 1.29 is 19.1 Å². The number of carbonyl (C=O) groups is 2. The molecule has 3 atom stereocenters. The number of hydrogen-bond donors (Lipinski definition) is 2. The summed E-state index contributed by atoms with van der Waals surface area (Å²) >= 11 is 11.3. The van der Waals surface area contributed by atoms with E-state index in [1.54, 1.807) is 24.4 Å². The van der Waals surface area contributed by atoms with Gasteiger partial charge in [-0.15, -0.1) is 0 Å². The lowest BCUT2D eigenvalue weighted by atomic mass is 10.1. The molecule has 0 spiro atoms. The van der Waals surface area contributed by atoms with Gasteiger partial charge in [-0.05, 0) is 55.9 Å². The number of nitrogens with one attached hydrogen (secondary N) is 2. The van der Waals surface area contributed by atoms with E-state index < -0.39 is 0 Å². The average Bonchev–Trinajstić information content (AvgIpc) is 3.28. The van der Waals surface area contributed by atoms with Crippen molar-refractivity contribution >= 4 is 47.0 Å². The van der Waals surface area contributed by atoms with Crippen molar-refractivity contribution in [2.75, 3.05) is 17.7 Å². The Hall–Kier alpha value is -3.33. The van der Waals surface area contributed by atoms with Crippen LogP contribution in [0.4, 0.5) is 11.5 Å². The van der Waals surface area contributed by atoms with Crippen LogP contribution in [0, 0.1) is 0 Å². The molecular weight excluding hydrogens is 479 g/mol. The van der Waals surface area contributed by atoms with E-state index >= 15 is 0 Å². The second kappa shape index (κ2) is 9.13. The molecule has 174 valence electrons. The highest BCUT2D eigenvalue weighted by Crippen LogP contribution is 2.53. The van der Waals surface area contributed by atoms with Gasteiger partial charge < -0.3 is 20.1 Å². The molecule has 0 radical (unpaired) electrons. The lowest BCUT2D eigenvalue weighted by molar-refractivity contribution is -0.116. The van der Waals surface area contributed by atoms with Crippen LogP contribution >= 0.6 is 23.2 Å². The highest BCUT2D eigenvalue weighted by atomic mass is 35.5. The van der Waals surface area contributed by atoms with Crippen LogP contribution in [0.15, 0.2) is 48.7 Å². The molecule has 34 heavy (non-hydrogen) atoms. The molecule has 3 aromatic rings. The highest BCUT2D eigenvalue weighted by molar-refractivity contribution is 6.42. The van der Waals surface area contributed by atoms with Gasteiger partial charge in [0.25, 0.3) is 0 Å². The van der Waals surface area contributed by atoms with Gasteiger partial charge in [-0.2, -0.15) is 0 Å². The summed E-state index contributed by atoms with van der Waals surface area (Å²) in [5, 5.41) is 6.15. The Morgan fingerprint density at radius 2 is 2.03 bits per heavy atom. The number of fused-ring (bicyclic) bond motifs is 4. The van der Waals surface area contributed by atoms with Crippen LogP contribution in [0.5, 0.6) is 17.2 Å². The average molecular weight is 499 g/mol. The van der Waals surface area contributed by atoms with Crippen LogP contribution in [0.25, 0.3) is 0 Å². The summed E-state index contributed by atoms with van der Waals surface area (Å²) in [6.45, 7) is 0. The maximum Gasteiger partial charge on any atom is 0.225 e. The smallest absolute Gasteiger partial charge is 0.225 e. The maximum atomic E-state index is 11.5. The zero-order chi connectivity index (χ0) is 23.8. The number of amides is 2. The van der Waals surface area contributed by atoms with E-state index in [-0.39, 0.29) is 12.1 Å². The number of likely N-dealkylation sites (N-methyl/N-ethyl adjacent to an activating group) is 1. The minimum Gasteiger partial charge on any atom is -0.473 e. The topological polar surface area (TPSA) is 92.6 Å². The molecular formula is C24H20Cl2N4O4. The largest absolute Gasteiger partial charge is 0.473 e. The highest BCUT2D eigenvalue weighted by Gasteiger charge is 2.54. The second-order valence-corrected chi connectivity index (χ2v) is 8.81. The fourth-order valence-corrected chi connectivity index (χ4v) is 4.32. The SMILES string of the molecule is CN1C2Oc3ccc(Oc4ccnc5c4CCC(=O)N5)cc3C21.O=CNc1ccc(Cl)c(Cl)c1. The van der Waals surface area contributed by atoms with E-state index in [1.165, 1.54) is 5.56 Å². The number of aromatic nitrogens is 1. The molecule has 4 heterocycles. The van der Waals surface area contributed by atoms with Crippen LogP contribution in [-0.2, 0) is 16.0 Å². The van der Waals surface area contributed by atoms with E-state index in [0.29, 0.717) is 46.8 Å². The summed E-state index contributed by atoms with van der Waals surface area (Å²) in [5.74, 6) is 3.06. The van der Waals surface area contributed by atoms with Crippen LogP contribution < -0.4 is 20.1 Å². The molecule has 2 N–H and O–H groups in total. The van der Waals surface area contributed by atoms with Crippen LogP contribution in [0.3, 0.4) is 0 Å². The number of ether oxygens (including phenoxy) is 2. The number of halogens is 2. The Labute approximate surface area is 205 Å². The van der Waals surface area contributed by atoms with Crippen molar-refractivity contribution in [3.63, 3.8) is 0 Å². The van der Waals surface area contributed by atoms with Crippen LogP contribution in [0.1, 0.15) is 23.6 Å². The van der Waals surface area contributed by atoms with Gasteiger partial charge in [0.05, 0.1) is 16.1 Å². The van der Waals surface area contributed by atoms with Crippen molar-refractivity contribution in [2.24, 2.45) is 0 Å². The van der Waals surface area contributed by atoms with Gasteiger partial charge in [0.1, 0.15) is 23.1 Å². The molecule has 2 aromatic carbocycles. The van der Waals surface area contributed by atoms with Gasteiger partial charge in [0.15, 0.2) is 6.23 Å². The third kappa shape index (κ3) is 4.40. The molecule has 8 nitrogen and oxygen atoms in total. The van der Waals surface area contributed by atoms with E-state index in [2.05, 4.69) is 20.5 Å². The second-order valence-electron chi connectivity index (χ2n) is 8.00. The van der Waals surface area contributed by atoms with Gasteiger partial charge >= 0.3 is 0 Å². The minimum absolute atomic E-state index is 0.000332. The molecule has 3 aliphatic rings. The lowest BCUT2D eigenvalue weighted by Gasteiger charge is -2.19. The molecule has 3 unspecified atom stereocenters. The number of rotatable bonds is 4. The normalized spacial score (nSPS) is 20.9. The summed E-state index contributed by atoms with van der Waals surface area (Å²) in [6.07, 6.45) is 3.53. The Morgan fingerprint density at radius 3 is 2.82 bits per heavy atom. The maximum absolute atomic E-state index is 11.5. The number of benzene rings is 2. The number of carbonyl (C=O) groups excluding carboxylic acids is 2. The molecule has 0 saturated carbocycles. The molecule has 0 aliphatic carbocycles. The minimum atomic E-state index is -0.000332. The third-order valence-corrected chi connectivity index (χ3v) is 6.55. The van der Waals surface area contributed by atoms with Crippen molar-refractivity contribution in [3.8, 4) is 17.2 Å². The molecule has 2 amide bonds. The van der Waals surface area contributed by atoms with Gasteiger partial charge in [0.2, 0.25) is 12.3 Å². The molecule has 3 aliphatic heterocycles. The summed E-state index contributed by atoms with van der Waals surface area (Å²) in [6, 6.07) is 13.0. The van der Waals surface area contributed by atoms with Crippen LogP contribution in [0.2, 0.25) is 10.0 Å². The summed E-state index contributed by atoms with van der Waals surface area (Å²) < 4.78 is 11.9. The summed E-state index contributed by atoms with van der Waals surface area (Å²) in [5.41, 5.74) is 2.76. The Kier molecular flexibility index (Phi) is 6.03. The van der Waals surface area contributed by atoms with Gasteiger partial charge in [-0.3, -0.25) is 14.5 Å². The zero-order valence-corrected chi connectivity index (χ0v) is 19.6. The third-order valence-electron chi connectivity index (χ3n) is 5.81. The molecule has 10 heteroatoms. The molecule has 6 rings (SSSR count). The molecule has 1 saturated heterocycles. The first-order chi connectivity index (χ1) is 16.4. The number of pyridine rings is 1. The van der Waals surface area contributed by atoms with Crippen molar-refractivity contribution in [1.29, 1.82) is 0 Å². The van der Waals surface area contributed by atoms with Crippen molar-refractivity contribution in [3.05, 3.63) is 69.8 Å². The van der Waals surface area contributed by atoms with Crippen molar-refractivity contribution in [2.45, 2.75) is 25.1 Å². The van der Waals surface area contributed by atoms with Gasteiger partial charge in [0, 0.05) is 29.4 Å². The predicted octanol–water partition coefficient (Wildman–Crippen LogP) is 5.03. The van der Waals surface area contributed by atoms with E-state index in [0.717, 1.165) is 22.8 Å². The quantitative estimate of drug-likeness (QED) is 0.387. The predicted molar refractivity (Wildman–Crippen MR) is 129 cm³/mol. The van der Waals surface area contributed by atoms with Crippen molar-refractivity contribution in [1.82, 2.24) is 9.88 Å². The number of nitrogens with zero attached hydrogens (tertiary/aromatic N) is 2. The van der Waals surface area contributed by atoms with E-state index in [1.807, 2.05) is 31.3 Å². The Morgan fingerprint density at radius 1 is 1.18 bits per heavy atom. The standard InChI is InChI=1S/C17H15N3O3.C7H5Cl2NO/c1-20-15-11-8-9(2-4-12(11)23-17(15)20)22-13-6-7-18-16-10(13)3-5-14(21)19-16;8-6-2-1-5(10-4-11)3-7(6)9/h2,4,6-8,15,17H,3,5H2,1H3,(H,18,19,21);1-4H,(H,10,11). The lowest BCUT2D eigenvalue weighted by Crippen LogP contribution is -2.20. The summed E-state index contributed by atoms with van der Waals surface area (Å²) in [4.78, 5) is 27.9. The van der Waals surface area contributed by atoms with Gasteiger partial charge in [-0.1, -0.05) is 23.2 Å². The van der Waals surface area contributed by atoms with Crippen LogP contribution in [-0.4, -0.2) is 35.5 Å². The molecule has 1 aromatic heterocycles. The molecule has 1 fully saturated rings. The zero-order valence-electron chi connectivity index (χ0n) is 18.0. The Bertz CT molecular complexity index is 1290. The summed E-state index contributed by atoms with van der Waals surface area (Å²) in [7, 11) is 2.05. The number of anilines is 2. The first-order valence-corrected chi connectivity index (χ1v) is 11.3. The monoisotopic (exact) mass is 498 g/mol. The van der Waals surface area contributed by atoms with Gasteiger partial charge in [-0.25, -0.2) is 4.98 Å². The number of hydrogen-bond acceptors (Lipinski definition) is 6. The van der Waals surface area contributed by atoms with E-state index in [9.17, 15) is 9.59 Å². The fraction of sp³-hybridized carbons (Fsp3) is 0.208. The first kappa shape index (κ1) is 22.5. The molecule has 0 bridgehead atoms. The van der Waals surface area contributed by atoms with E-state index in [4.69, 9.17) is 32.7 Å². The first-order valence-electron chi connectivity index (χ1n) is 10.6. The fourth-order valence-electron chi connectivity index (χ4n) is 4.02.